The molecule has 2 aliphatic heterocycles. The number of piperidine rings is 1. The highest BCUT2D eigenvalue weighted by Crippen LogP contribution is 2.28. The van der Waals surface area contributed by atoms with Crippen LogP contribution in [0.5, 0.6) is 0 Å². The summed E-state index contributed by atoms with van der Waals surface area (Å²) in [6.07, 6.45) is 5.48. The SMILES string of the molecule is Cc1nc([C@H]2CCCN(C(=O)c3cc4cc(F)ccc4n3C)C2)ncc1C(=O)N1CCCC1. The summed E-state index contributed by atoms with van der Waals surface area (Å²) in [5.41, 5.74) is 2.62. The molecule has 7 nitrogen and oxygen atoms in total. The molecule has 2 amide bonds. The van der Waals surface area contributed by atoms with Gasteiger partial charge in [0.05, 0.1) is 11.3 Å². The smallest absolute Gasteiger partial charge is 0.270 e. The van der Waals surface area contributed by atoms with Gasteiger partial charge in [-0.15, -0.1) is 0 Å². The molecule has 2 fully saturated rings. The molecule has 0 aliphatic carbocycles. The van der Waals surface area contributed by atoms with Crippen molar-refractivity contribution >= 4 is 22.7 Å². The van der Waals surface area contributed by atoms with Crippen molar-refractivity contribution in [3.8, 4) is 0 Å². The van der Waals surface area contributed by atoms with Gasteiger partial charge in [-0.25, -0.2) is 14.4 Å². The number of amides is 2. The highest BCUT2D eigenvalue weighted by atomic mass is 19.1. The van der Waals surface area contributed by atoms with Gasteiger partial charge in [0.1, 0.15) is 17.3 Å². The molecule has 0 radical (unpaired) electrons. The molecule has 0 saturated carbocycles. The zero-order valence-electron chi connectivity index (χ0n) is 19.1. The summed E-state index contributed by atoms with van der Waals surface area (Å²) in [4.78, 5) is 39.0. The largest absolute Gasteiger partial charge is 0.340 e. The van der Waals surface area contributed by atoms with Gasteiger partial charge >= 0.3 is 0 Å². The molecule has 2 aromatic heterocycles. The van der Waals surface area contributed by atoms with Crippen LogP contribution in [-0.2, 0) is 7.05 Å². The van der Waals surface area contributed by atoms with Crippen LogP contribution in [0, 0.1) is 12.7 Å². The molecule has 2 aliphatic rings. The first kappa shape index (κ1) is 21.6. The summed E-state index contributed by atoms with van der Waals surface area (Å²) >= 11 is 0. The molecule has 172 valence electrons. The molecule has 0 N–H and O–H groups in total. The quantitative estimate of drug-likeness (QED) is 0.612. The fourth-order valence-electron chi connectivity index (χ4n) is 5.04. The van der Waals surface area contributed by atoms with Gasteiger partial charge in [0.2, 0.25) is 0 Å². The first-order chi connectivity index (χ1) is 15.9. The normalized spacial score (nSPS) is 18.8. The van der Waals surface area contributed by atoms with Crippen LogP contribution in [0.4, 0.5) is 4.39 Å². The van der Waals surface area contributed by atoms with E-state index in [9.17, 15) is 14.0 Å². The van der Waals surface area contributed by atoms with E-state index in [0.29, 0.717) is 41.3 Å². The molecule has 1 aromatic carbocycles. The summed E-state index contributed by atoms with van der Waals surface area (Å²) in [7, 11) is 1.83. The highest BCUT2D eigenvalue weighted by molar-refractivity contribution is 5.99. The predicted octanol–water partition coefficient (Wildman–Crippen LogP) is 3.67. The highest BCUT2D eigenvalue weighted by Gasteiger charge is 2.30. The Bertz CT molecular complexity index is 1230. The Kier molecular flexibility index (Phi) is 5.60. The second-order valence-electron chi connectivity index (χ2n) is 9.11. The Labute approximate surface area is 192 Å². The van der Waals surface area contributed by atoms with Crippen LogP contribution in [0.2, 0.25) is 0 Å². The summed E-state index contributed by atoms with van der Waals surface area (Å²) in [6, 6.07) is 6.31. The molecule has 2 saturated heterocycles. The van der Waals surface area contributed by atoms with Crippen molar-refractivity contribution in [3.05, 3.63) is 59.1 Å². The first-order valence-corrected chi connectivity index (χ1v) is 11.6. The summed E-state index contributed by atoms with van der Waals surface area (Å²) in [6.45, 7) is 4.62. The Morgan fingerprint density at radius 1 is 1.03 bits per heavy atom. The van der Waals surface area contributed by atoms with Crippen LogP contribution in [0.15, 0.2) is 30.5 Å². The van der Waals surface area contributed by atoms with Crippen LogP contribution in [0.3, 0.4) is 0 Å². The van der Waals surface area contributed by atoms with Crippen LogP contribution < -0.4 is 0 Å². The standard InChI is InChI=1S/C25H28FN5O2/c1-16-20(24(32)30-9-3-4-10-30)14-27-23(28-16)17-6-5-11-31(15-17)25(33)22-13-18-12-19(26)7-8-21(18)29(22)2/h7-8,12-14,17H,3-6,9-11,15H2,1-2H3/t17-/m0/s1. The van der Waals surface area contributed by atoms with E-state index in [2.05, 4.69) is 9.97 Å². The maximum atomic E-state index is 13.6. The molecular weight excluding hydrogens is 421 g/mol. The van der Waals surface area contributed by atoms with Gasteiger partial charge in [-0.05, 0) is 56.9 Å². The Morgan fingerprint density at radius 2 is 1.79 bits per heavy atom. The van der Waals surface area contributed by atoms with E-state index in [1.807, 2.05) is 28.3 Å². The molecule has 0 unspecified atom stereocenters. The number of hydrogen-bond acceptors (Lipinski definition) is 4. The molecule has 1 atom stereocenters. The van der Waals surface area contributed by atoms with Gasteiger partial charge in [-0.2, -0.15) is 0 Å². The monoisotopic (exact) mass is 449 g/mol. The minimum Gasteiger partial charge on any atom is -0.340 e. The minimum absolute atomic E-state index is 0.00390. The molecule has 3 aromatic rings. The number of nitrogens with zero attached hydrogens (tertiary/aromatic N) is 5. The van der Waals surface area contributed by atoms with Gasteiger partial charge < -0.3 is 14.4 Å². The number of carbonyl (C=O) groups is 2. The van der Waals surface area contributed by atoms with Crippen molar-refractivity contribution in [2.75, 3.05) is 26.2 Å². The first-order valence-electron chi connectivity index (χ1n) is 11.6. The Hall–Kier alpha value is -3.29. The predicted molar refractivity (Wildman–Crippen MR) is 123 cm³/mol. The number of aryl methyl sites for hydroxylation is 2. The van der Waals surface area contributed by atoms with Crippen LogP contribution in [0.25, 0.3) is 10.9 Å². The topological polar surface area (TPSA) is 71.3 Å². The third-order valence-electron chi connectivity index (χ3n) is 6.92. The van der Waals surface area contributed by atoms with E-state index < -0.39 is 0 Å². The number of halogens is 1. The molecular formula is C25H28FN5O2. The van der Waals surface area contributed by atoms with Crippen molar-refractivity contribution in [2.24, 2.45) is 7.05 Å². The lowest BCUT2D eigenvalue weighted by Gasteiger charge is -2.32. The Balaban J connectivity index is 1.34. The molecule has 0 spiro atoms. The van der Waals surface area contributed by atoms with Crippen LogP contribution in [0.1, 0.15) is 64.0 Å². The molecule has 5 rings (SSSR count). The van der Waals surface area contributed by atoms with Gasteiger partial charge in [0.25, 0.3) is 11.8 Å². The number of hydrogen-bond donors (Lipinski definition) is 0. The van der Waals surface area contributed by atoms with E-state index in [1.54, 1.807) is 18.3 Å². The zero-order chi connectivity index (χ0) is 23.1. The van der Waals surface area contributed by atoms with Crippen molar-refractivity contribution in [1.82, 2.24) is 24.3 Å². The number of fused-ring (bicyclic) bond motifs is 1. The second-order valence-corrected chi connectivity index (χ2v) is 9.11. The van der Waals surface area contributed by atoms with Gasteiger partial charge in [0.15, 0.2) is 0 Å². The van der Waals surface area contributed by atoms with E-state index in [4.69, 9.17) is 0 Å². The van der Waals surface area contributed by atoms with Crippen LogP contribution >= 0.6 is 0 Å². The molecule has 8 heteroatoms. The van der Waals surface area contributed by atoms with Crippen molar-refractivity contribution in [1.29, 1.82) is 0 Å². The maximum absolute atomic E-state index is 13.6. The fourth-order valence-corrected chi connectivity index (χ4v) is 5.04. The van der Waals surface area contributed by atoms with E-state index >= 15 is 0 Å². The molecule has 0 bridgehead atoms. The maximum Gasteiger partial charge on any atom is 0.270 e. The summed E-state index contributed by atoms with van der Waals surface area (Å²) < 4.78 is 15.4. The number of likely N-dealkylation sites (tertiary alicyclic amines) is 2. The van der Waals surface area contributed by atoms with Crippen molar-refractivity contribution in [3.63, 3.8) is 0 Å². The van der Waals surface area contributed by atoms with E-state index in [0.717, 1.165) is 44.3 Å². The second kappa shape index (κ2) is 8.57. The third-order valence-corrected chi connectivity index (χ3v) is 6.92. The van der Waals surface area contributed by atoms with Crippen molar-refractivity contribution in [2.45, 2.75) is 38.5 Å². The Morgan fingerprint density at radius 3 is 2.55 bits per heavy atom. The van der Waals surface area contributed by atoms with Crippen LogP contribution in [-0.4, -0.2) is 62.3 Å². The summed E-state index contributed by atoms with van der Waals surface area (Å²) in [5, 5.41) is 0.714. The number of aromatic nitrogens is 3. The minimum atomic E-state index is -0.315. The number of benzene rings is 1. The molecule has 4 heterocycles. The zero-order valence-corrected chi connectivity index (χ0v) is 19.1. The van der Waals surface area contributed by atoms with Gasteiger partial charge in [0, 0.05) is 56.2 Å². The number of carbonyl (C=O) groups excluding carboxylic acids is 2. The van der Waals surface area contributed by atoms with E-state index in [-0.39, 0.29) is 23.5 Å². The molecule has 33 heavy (non-hydrogen) atoms. The summed E-state index contributed by atoms with van der Waals surface area (Å²) in [5.74, 6) is 0.316. The lowest BCUT2D eigenvalue weighted by Crippen LogP contribution is -2.40. The third kappa shape index (κ3) is 3.98. The van der Waals surface area contributed by atoms with Crippen molar-refractivity contribution < 1.29 is 14.0 Å². The van der Waals surface area contributed by atoms with Gasteiger partial charge in [-0.3, -0.25) is 9.59 Å². The van der Waals surface area contributed by atoms with E-state index in [1.165, 1.54) is 12.1 Å². The average molecular weight is 450 g/mol. The fraction of sp³-hybridized carbons (Fsp3) is 0.440. The lowest BCUT2D eigenvalue weighted by molar-refractivity contribution is 0.0695. The number of rotatable bonds is 3. The average Bonchev–Trinajstić information content (AvgIpc) is 3.46. The van der Waals surface area contributed by atoms with Gasteiger partial charge in [-0.1, -0.05) is 0 Å². The lowest BCUT2D eigenvalue weighted by atomic mass is 9.96.